The Morgan fingerprint density at radius 2 is 1.81 bits per heavy atom. The van der Waals surface area contributed by atoms with E-state index in [0.29, 0.717) is 28.9 Å². The molecule has 0 saturated heterocycles. The summed E-state index contributed by atoms with van der Waals surface area (Å²) in [5.41, 5.74) is 0.461. The molecule has 0 aliphatic rings. The SMILES string of the molecule is O=C(O)c1cc(Cl)cc(Cl)c1NCCCCOc1cccc2ccccc12. The highest BCUT2D eigenvalue weighted by Gasteiger charge is 2.14. The zero-order valence-electron chi connectivity index (χ0n) is 14.5. The van der Waals surface area contributed by atoms with Gasteiger partial charge >= 0.3 is 5.97 Å². The van der Waals surface area contributed by atoms with E-state index in [2.05, 4.69) is 17.4 Å². The minimum atomic E-state index is -1.07. The molecule has 27 heavy (non-hydrogen) atoms. The number of aromatic carboxylic acids is 1. The molecule has 2 N–H and O–H groups in total. The van der Waals surface area contributed by atoms with Crippen LogP contribution in [0.1, 0.15) is 23.2 Å². The summed E-state index contributed by atoms with van der Waals surface area (Å²) in [6.45, 7) is 1.16. The van der Waals surface area contributed by atoms with Crippen LogP contribution in [0.2, 0.25) is 10.0 Å². The molecule has 140 valence electrons. The average Bonchev–Trinajstić information content (AvgIpc) is 2.65. The lowest BCUT2D eigenvalue weighted by Crippen LogP contribution is -2.09. The van der Waals surface area contributed by atoms with Crippen LogP contribution in [0.15, 0.2) is 54.6 Å². The molecule has 0 aliphatic heterocycles. The lowest BCUT2D eigenvalue weighted by atomic mass is 10.1. The Hall–Kier alpha value is -2.43. The van der Waals surface area contributed by atoms with Gasteiger partial charge < -0.3 is 15.2 Å². The lowest BCUT2D eigenvalue weighted by molar-refractivity contribution is 0.0698. The molecule has 0 aromatic heterocycles. The predicted molar refractivity (Wildman–Crippen MR) is 111 cm³/mol. The van der Waals surface area contributed by atoms with Crippen molar-refractivity contribution in [2.45, 2.75) is 12.8 Å². The number of carboxylic acids is 1. The van der Waals surface area contributed by atoms with E-state index < -0.39 is 5.97 Å². The zero-order valence-corrected chi connectivity index (χ0v) is 16.1. The number of benzene rings is 3. The average molecular weight is 404 g/mol. The van der Waals surface area contributed by atoms with Gasteiger partial charge in [0.25, 0.3) is 0 Å². The van der Waals surface area contributed by atoms with Gasteiger partial charge in [0.1, 0.15) is 5.75 Å². The fraction of sp³-hybridized carbons (Fsp3) is 0.190. The standard InChI is InChI=1S/C21H19Cl2NO3/c22-15-12-17(21(25)26)20(18(23)13-15)24-10-3-4-11-27-19-9-5-7-14-6-1-2-8-16(14)19/h1-2,5-9,12-13,24H,3-4,10-11H2,(H,25,26). The summed E-state index contributed by atoms with van der Waals surface area (Å²) in [4.78, 5) is 11.3. The lowest BCUT2D eigenvalue weighted by Gasteiger charge is -2.13. The molecular formula is C21H19Cl2NO3. The van der Waals surface area contributed by atoms with Crippen LogP contribution in [-0.2, 0) is 0 Å². The smallest absolute Gasteiger partial charge is 0.337 e. The van der Waals surface area contributed by atoms with Gasteiger partial charge in [-0.3, -0.25) is 0 Å². The van der Waals surface area contributed by atoms with Gasteiger partial charge in [-0.15, -0.1) is 0 Å². The molecule has 0 aliphatic carbocycles. The van der Waals surface area contributed by atoms with Crippen LogP contribution in [-0.4, -0.2) is 24.2 Å². The molecule has 0 heterocycles. The van der Waals surface area contributed by atoms with Gasteiger partial charge in [0.05, 0.1) is 22.9 Å². The number of carboxylic acid groups (broad SMARTS) is 1. The Balaban J connectivity index is 1.51. The molecule has 0 amide bonds. The van der Waals surface area contributed by atoms with Crippen LogP contribution in [0.25, 0.3) is 10.8 Å². The first kappa shape index (κ1) is 19.3. The van der Waals surface area contributed by atoms with E-state index in [0.717, 1.165) is 29.4 Å². The number of hydrogen-bond donors (Lipinski definition) is 2. The summed E-state index contributed by atoms with van der Waals surface area (Å²) in [6.07, 6.45) is 1.63. The summed E-state index contributed by atoms with van der Waals surface area (Å²) < 4.78 is 5.91. The first-order valence-corrected chi connectivity index (χ1v) is 9.38. The number of anilines is 1. The van der Waals surface area contributed by atoms with Gasteiger partial charge in [0.15, 0.2) is 0 Å². The maximum absolute atomic E-state index is 11.3. The molecule has 0 radical (unpaired) electrons. The van der Waals surface area contributed by atoms with Crippen molar-refractivity contribution in [3.8, 4) is 5.75 Å². The van der Waals surface area contributed by atoms with E-state index in [1.165, 1.54) is 12.1 Å². The highest BCUT2D eigenvalue weighted by atomic mass is 35.5. The molecule has 0 spiro atoms. The maximum atomic E-state index is 11.3. The second kappa shape index (κ2) is 8.98. The van der Waals surface area contributed by atoms with Crippen LogP contribution in [0.5, 0.6) is 5.75 Å². The van der Waals surface area contributed by atoms with Crippen molar-refractivity contribution >= 4 is 45.6 Å². The van der Waals surface area contributed by atoms with E-state index in [4.69, 9.17) is 27.9 Å². The zero-order chi connectivity index (χ0) is 19.2. The van der Waals surface area contributed by atoms with Crippen LogP contribution in [0, 0.1) is 0 Å². The number of ether oxygens (including phenoxy) is 1. The van der Waals surface area contributed by atoms with E-state index in [-0.39, 0.29) is 5.56 Å². The molecular weight excluding hydrogens is 385 g/mol. The van der Waals surface area contributed by atoms with Gasteiger partial charge in [-0.2, -0.15) is 0 Å². The van der Waals surface area contributed by atoms with E-state index in [1.54, 1.807) is 0 Å². The minimum absolute atomic E-state index is 0.0690. The Morgan fingerprint density at radius 1 is 1.04 bits per heavy atom. The maximum Gasteiger partial charge on any atom is 0.337 e. The monoisotopic (exact) mass is 403 g/mol. The molecule has 0 unspecified atom stereocenters. The Bertz CT molecular complexity index is 954. The summed E-state index contributed by atoms with van der Waals surface area (Å²) >= 11 is 12.0. The van der Waals surface area contributed by atoms with Crippen LogP contribution < -0.4 is 10.1 Å². The van der Waals surface area contributed by atoms with Gasteiger partial charge in [0.2, 0.25) is 0 Å². The van der Waals surface area contributed by atoms with Crippen molar-refractivity contribution < 1.29 is 14.6 Å². The molecule has 3 aromatic carbocycles. The Labute approximate surface area is 167 Å². The third kappa shape index (κ3) is 4.85. The van der Waals surface area contributed by atoms with Gasteiger partial charge in [-0.05, 0) is 36.4 Å². The second-order valence-electron chi connectivity index (χ2n) is 6.07. The minimum Gasteiger partial charge on any atom is -0.493 e. The van der Waals surface area contributed by atoms with Crippen LogP contribution in [0.4, 0.5) is 5.69 Å². The molecule has 0 atom stereocenters. The highest BCUT2D eigenvalue weighted by molar-refractivity contribution is 6.37. The topological polar surface area (TPSA) is 58.6 Å². The number of hydrogen-bond acceptors (Lipinski definition) is 3. The quantitative estimate of drug-likeness (QED) is 0.445. The third-order valence-corrected chi connectivity index (χ3v) is 4.68. The van der Waals surface area contributed by atoms with E-state index >= 15 is 0 Å². The first-order valence-electron chi connectivity index (χ1n) is 8.63. The van der Waals surface area contributed by atoms with Crippen LogP contribution in [0.3, 0.4) is 0 Å². The number of carbonyl (C=O) groups is 1. The van der Waals surface area contributed by atoms with Crippen LogP contribution >= 0.6 is 23.2 Å². The van der Waals surface area contributed by atoms with Crippen molar-refractivity contribution in [3.05, 3.63) is 70.2 Å². The van der Waals surface area contributed by atoms with Crippen molar-refractivity contribution in [2.24, 2.45) is 0 Å². The first-order chi connectivity index (χ1) is 13.1. The molecule has 6 heteroatoms. The number of fused-ring (bicyclic) bond motifs is 1. The van der Waals surface area contributed by atoms with Crippen molar-refractivity contribution in [3.63, 3.8) is 0 Å². The molecule has 3 rings (SSSR count). The summed E-state index contributed by atoms with van der Waals surface area (Å²) in [7, 11) is 0. The normalized spacial score (nSPS) is 10.7. The summed E-state index contributed by atoms with van der Waals surface area (Å²) in [6, 6.07) is 17.0. The second-order valence-corrected chi connectivity index (χ2v) is 6.92. The Morgan fingerprint density at radius 3 is 2.63 bits per heavy atom. The highest BCUT2D eigenvalue weighted by Crippen LogP contribution is 2.30. The molecule has 0 fully saturated rings. The molecule has 4 nitrogen and oxygen atoms in total. The van der Waals surface area contributed by atoms with E-state index in [1.807, 2.05) is 30.3 Å². The molecule has 0 bridgehead atoms. The fourth-order valence-electron chi connectivity index (χ4n) is 2.87. The summed E-state index contributed by atoms with van der Waals surface area (Å²) in [5.74, 6) is -0.198. The number of halogens is 2. The van der Waals surface area contributed by atoms with Gasteiger partial charge in [0, 0.05) is 17.0 Å². The van der Waals surface area contributed by atoms with Gasteiger partial charge in [-0.25, -0.2) is 4.79 Å². The number of nitrogens with one attached hydrogen (secondary N) is 1. The summed E-state index contributed by atoms with van der Waals surface area (Å²) in [5, 5.41) is 15.2. The van der Waals surface area contributed by atoms with Crippen molar-refractivity contribution in [2.75, 3.05) is 18.5 Å². The predicted octanol–water partition coefficient (Wildman–Crippen LogP) is 6.12. The van der Waals surface area contributed by atoms with Crippen molar-refractivity contribution in [1.82, 2.24) is 0 Å². The molecule has 0 saturated carbocycles. The number of rotatable bonds is 8. The van der Waals surface area contributed by atoms with Crippen molar-refractivity contribution in [1.29, 1.82) is 0 Å². The Kier molecular flexibility index (Phi) is 6.43. The largest absolute Gasteiger partial charge is 0.493 e. The van der Waals surface area contributed by atoms with Gasteiger partial charge in [-0.1, -0.05) is 59.6 Å². The third-order valence-electron chi connectivity index (χ3n) is 4.17. The fourth-order valence-corrected chi connectivity index (χ4v) is 3.43. The molecule has 3 aromatic rings. The van der Waals surface area contributed by atoms with E-state index in [9.17, 15) is 9.90 Å². The number of unbranched alkanes of at least 4 members (excludes halogenated alkanes) is 1.